The zero-order valence-electron chi connectivity index (χ0n) is 13.5. The van der Waals surface area contributed by atoms with Crippen LogP contribution in [0, 0.1) is 6.92 Å². The quantitative estimate of drug-likeness (QED) is 0.761. The maximum Gasteiger partial charge on any atom is 0.335 e. The van der Waals surface area contributed by atoms with Crippen molar-refractivity contribution in [1.82, 2.24) is 10.1 Å². The van der Waals surface area contributed by atoms with Crippen LogP contribution < -0.4 is 5.32 Å². The van der Waals surface area contributed by atoms with Crippen LogP contribution in [0.1, 0.15) is 40.5 Å². The number of carbonyl (C=O) groups excluding carboxylic acids is 1. The van der Waals surface area contributed by atoms with Crippen molar-refractivity contribution in [2.24, 2.45) is 0 Å². The monoisotopic (exact) mass is 333 g/mol. The third kappa shape index (κ3) is 5.17. The number of hydrogen-bond donors (Lipinski definition) is 2. The Labute approximate surface area is 138 Å². The lowest BCUT2D eigenvalue weighted by molar-refractivity contribution is -0.116. The number of amides is 1. The molecule has 0 saturated heterocycles. The summed E-state index contributed by atoms with van der Waals surface area (Å²) in [6.07, 6.45) is 1.33. The second kappa shape index (κ2) is 8.21. The highest BCUT2D eigenvalue weighted by Crippen LogP contribution is 2.17. The second-order valence-electron chi connectivity index (χ2n) is 5.29. The molecule has 2 rings (SSSR count). The normalized spacial score (nSPS) is 10.6. The Hall–Kier alpha value is -2.74. The zero-order valence-corrected chi connectivity index (χ0v) is 13.5. The van der Waals surface area contributed by atoms with Gasteiger partial charge in [0, 0.05) is 25.6 Å². The molecule has 2 N–H and O–H groups in total. The SMILES string of the molecule is COCc1cc(NC(=O)CCCc2nc(C)no2)cc(C(=O)O)c1. The maximum atomic E-state index is 12.0. The van der Waals surface area contributed by atoms with E-state index in [1.54, 1.807) is 13.0 Å². The summed E-state index contributed by atoms with van der Waals surface area (Å²) >= 11 is 0. The summed E-state index contributed by atoms with van der Waals surface area (Å²) in [5, 5.41) is 15.5. The minimum atomic E-state index is -1.06. The summed E-state index contributed by atoms with van der Waals surface area (Å²) in [6.45, 7) is 1.99. The van der Waals surface area contributed by atoms with E-state index in [0.29, 0.717) is 35.8 Å². The van der Waals surface area contributed by atoms with Gasteiger partial charge in [-0.25, -0.2) is 4.79 Å². The van der Waals surface area contributed by atoms with Gasteiger partial charge in [-0.2, -0.15) is 4.98 Å². The van der Waals surface area contributed by atoms with Crippen LogP contribution in [0.2, 0.25) is 0 Å². The minimum absolute atomic E-state index is 0.0983. The molecule has 1 aromatic carbocycles. The molecule has 24 heavy (non-hydrogen) atoms. The van der Waals surface area contributed by atoms with Crippen LogP contribution in [-0.2, 0) is 22.6 Å². The summed E-state index contributed by atoms with van der Waals surface area (Å²) in [6, 6.07) is 4.62. The predicted octanol–water partition coefficient (Wildman–Crippen LogP) is 2.18. The van der Waals surface area contributed by atoms with Crippen molar-refractivity contribution in [1.29, 1.82) is 0 Å². The van der Waals surface area contributed by atoms with Crippen LogP contribution in [-0.4, -0.2) is 34.2 Å². The standard InChI is InChI=1S/C16H19N3O5/c1-10-17-15(24-19-10)5-3-4-14(20)18-13-7-11(9-23-2)6-12(8-13)16(21)22/h6-8H,3-5,9H2,1-2H3,(H,18,20)(H,21,22). The van der Waals surface area contributed by atoms with Crippen LogP contribution in [0.25, 0.3) is 0 Å². The predicted molar refractivity (Wildman–Crippen MR) is 84.7 cm³/mol. The molecule has 0 spiro atoms. The number of aromatic carboxylic acids is 1. The van der Waals surface area contributed by atoms with E-state index in [4.69, 9.17) is 14.4 Å². The molecule has 0 atom stereocenters. The van der Waals surface area contributed by atoms with Crippen molar-refractivity contribution in [3.63, 3.8) is 0 Å². The van der Waals surface area contributed by atoms with Crippen molar-refractivity contribution in [2.45, 2.75) is 32.8 Å². The Morgan fingerprint density at radius 2 is 2.12 bits per heavy atom. The Kier molecular flexibility index (Phi) is 6.02. The first kappa shape index (κ1) is 17.6. The summed E-state index contributed by atoms with van der Waals surface area (Å²) in [7, 11) is 1.52. The molecular formula is C16H19N3O5. The van der Waals surface area contributed by atoms with Crippen LogP contribution in [0.3, 0.4) is 0 Å². The lowest BCUT2D eigenvalue weighted by Gasteiger charge is -2.09. The number of aromatic nitrogens is 2. The smallest absolute Gasteiger partial charge is 0.335 e. The molecule has 0 aliphatic carbocycles. The number of nitrogens with zero attached hydrogens (tertiary/aromatic N) is 2. The average molecular weight is 333 g/mol. The van der Waals surface area contributed by atoms with Gasteiger partial charge in [-0.3, -0.25) is 4.79 Å². The van der Waals surface area contributed by atoms with Gasteiger partial charge in [-0.05, 0) is 37.1 Å². The molecule has 0 unspecified atom stereocenters. The Bertz CT molecular complexity index is 726. The highest BCUT2D eigenvalue weighted by Gasteiger charge is 2.10. The van der Waals surface area contributed by atoms with Crippen LogP contribution >= 0.6 is 0 Å². The van der Waals surface area contributed by atoms with E-state index in [1.807, 2.05) is 0 Å². The Morgan fingerprint density at radius 3 is 2.75 bits per heavy atom. The highest BCUT2D eigenvalue weighted by atomic mass is 16.5. The number of nitrogens with one attached hydrogen (secondary N) is 1. The van der Waals surface area contributed by atoms with Gasteiger partial charge in [0.2, 0.25) is 11.8 Å². The number of benzene rings is 1. The van der Waals surface area contributed by atoms with Crippen molar-refractivity contribution < 1.29 is 24.0 Å². The van der Waals surface area contributed by atoms with Gasteiger partial charge in [-0.15, -0.1) is 0 Å². The number of rotatable bonds is 8. The van der Waals surface area contributed by atoms with Crippen molar-refractivity contribution in [3.8, 4) is 0 Å². The largest absolute Gasteiger partial charge is 0.478 e. The fraction of sp³-hybridized carbons (Fsp3) is 0.375. The van der Waals surface area contributed by atoms with Gasteiger partial charge in [-0.1, -0.05) is 5.16 Å². The highest BCUT2D eigenvalue weighted by molar-refractivity contribution is 5.94. The first-order valence-corrected chi connectivity index (χ1v) is 7.43. The Morgan fingerprint density at radius 1 is 1.33 bits per heavy atom. The number of anilines is 1. The van der Waals surface area contributed by atoms with Gasteiger partial charge in [0.05, 0.1) is 12.2 Å². The molecule has 128 valence electrons. The first-order chi connectivity index (χ1) is 11.5. The van der Waals surface area contributed by atoms with Crippen molar-refractivity contribution in [2.75, 3.05) is 12.4 Å². The van der Waals surface area contributed by atoms with E-state index in [2.05, 4.69) is 15.5 Å². The van der Waals surface area contributed by atoms with E-state index >= 15 is 0 Å². The van der Waals surface area contributed by atoms with E-state index in [9.17, 15) is 9.59 Å². The fourth-order valence-electron chi connectivity index (χ4n) is 2.20. The van der Waals surface area contributed by atoms with E-state index < -0.39 is 5.97 Å². The molecule has 1 amide bonds. The first-order valence-electron chi connectivity index (χ1n) is 7.43. The number of hydrogen-bond acceptors (Lipinski definition) is 6. The summed E-state index contributed by atoms with van der Waals surface area (Å²) in [5.41, 5.74) is 1.20. The lowest BCUT2D eigenvalue weighted by atomic mass is 10.1. The number of carboxylic acid groups (broad SMARTS) is 1. The molecule has 0 saturated carbocycles. The maximum absolute atomic E-state index is 12.0. The zero-order chi connectivity index (χ0) is 17.5. The van der Waals surface area contributed by atoms with E-state index in [0.717, 1.165) is 0 Å². The van der Waals surface area contributed by atoms with Gasteiger partial charge in [0.15, 0.2) is 5.82 Å². The second-order valence-corrected chi connectivity index (χ2v) is 5.29. The van der Waals surface area contributed by atoms with Gasteiger partial charge in [0.1, 0.15) is 0 Å². The summed E-state index contributed by atoms with van der Waals surface area (Å²) < 4.78 is 9.99. The molecule has 0 bridgehead atoms. The third-order valence-electron chi connectivity index (χ3n) is 3.20. The van der Waals surface area contributed by atoms with Gasteiger partial charge >= 0.3 is 5.97 Å². The van der Waals surface area contributed by atoms with Crippen LogP contribution in [0.5, 0.6) is 0 Å². The van der Waals surface area contributed by atoms with Crippen LogP contribution in [0.15, 0.2) is 22.7 Å². The lowest BCUT2D eigenvalue weighted by Crippen LogP contribution is -2.12. The number of aryl methyl sites for hydroxylation is 2. The summed E-state index contributed by atoms with van der Waals surface area (Å²) in [5.74, 6) is -0.214. The molecule has 0 aliphatic rings. The number of carboxylic acids is 1. The van der Waals surface area contributed by atoms with Crippen molar-refractivity contribution in [3.05, 3.63) is 41.0 Å². The molecule has 1 heterocycles. The van der Waals surface area contributed by atoms with Crippen LogP contribution in [0.4, 0.5) is 5.69 Å². The number of ether oxygens (including phenoxy) is 1. The molecular weight excluding hydrogens is 314 g/mol. The average Bonchev–Trinajstić information content (AvgIpc) is 2.92. The number of carbonyl (C=O) groups is 2. The van der Waals surface area contributed by atoms with Crippen molar-refractivity contribution >= 4 is 17.6 Å². The topological polar surface area (TPSA) is 115 Å². The molecule has 8 nitrogen and oxygen atoms in total. The van der Waals surface area contributed by atoms with Gasteiger partial charge < -0.3 is 19.7 Å². The molecule has 0 radical (unpaired) electrons. The molecule has 8 heteroatoms. The fourth-order valence-corrected chi connectivity index (χ4v) is 2.20. The molecule has 0 aliphatic heterocycles. The molecule has 0 fully saturated rings. The summed E-state index contributed by atoms with van der Waals surface area (Å²) in [4.78, 5) is 27.2. The van der Waals surface area contributed by atoms with Gasteiger partial charge in [0.25, 0.3) is 0 Å². The molecule has 2 aromatic rings. The van der Waals surface area contributed by atoms with E-state index in [-0.39, 0.29) is 24.5 Å². The minimum Gasteiger partial charge on any atom is -0.478 e. The third-order valence-corrected chi connectivity index (χ3v) is 3.20. The van der Waals surface area contributed by atoms with E-state index in [1.165, 1.54) is 19.2 Å². The Balaban J connectivity index is 1.93. The number of methoxy groups -OCH3 is 1. The molecule has 1 aromatic heterocycles.